The molecule has 1 unspecified atom stereocenters. The summed E-state index contributed by atoms with van der Waals surface area (Å²) < 4.78 is 287. The van der Waals surface area contributed by atoms with Crippen LogP contribution in [0.25, 0.3) is 11.1 Å². The van der Waals surface area contributed by atoms with Gasteiger partial charge in [-0.3, -0.25) is 4.79 Å². The minimum atomic E-state index is -4.96. The minimum absolute atomic E-state index is 0.0195. The van der Waals surface area contributed by atoms with Crippen molar-refractivity contribution in [3.8, 4) is 11.1 Å². The number of rotatable bonds is 12. The number of aliphatic hydroxyl groups excluding tert-OH is 1. The number of carbonyl (C=O) groups excluding carboxylic acids is 1. The van der Waals surface area contributed by atoms with E-state index in [1.807, 2.05) is 0 Å². The molecule has 4 aromatic rings. The number of fused-ring (bicyclic) bond motifs is 1. The molecule has 2 aliphatic heterocycles. The number of methoxy groups -OCH3 is 1. The van der Waals surface area contributed by atoms with Crippen molar-refractivity contribution in [2.75, 3.05) is 44.5 Å². The Morgan fingerprint density at radius 3 is 2.47 bits per heavy atom. The van der Waals surface area contributed by atoms with Crippen LogP contribution in [0.4, 0.5) is 27.6 Å². The molecule has 1 amide bonds. The molecule has 1 atom stereocenters. The summed E-state index contributed by atoms with van der Waals surface area (Å²) in [6, 6.07) is -0.822. The smallest absolute Gasteiger partial charge is 0.384 e. The largest absolute Gasteiger partial charge is 0.416 e. The van der Waals surface area contributed by atoms with Gasteiger partial charge in [0.25, 0.3) is 0 Å². The van der Waals surface area contributed by atoms with Gasteiger partial charge in [0, 0.05) is 75.3 Å². The SMILES string of the molecule is [2H]C1=C(SC([2H])([2H])c2cccc(F)c2F)N(C([2H])([2H])C(=O)N(C([2H])([2H])c2ccc(-c3ccc(C(F)(F)F)cc3)cc2)C2([2H])C([2H])([2H])C([2H])([2H])N(CC([2H])([2H])OC([2H])([2H])[2H])C([2H])([2H])C2([2H])[2H])c2c([2H])c([2H])c(C)c([2H])c2C1O. The summed E-state index contributed by atoms with van der Waals surface area (Å²) in [7, 11) is -3.68. The number of hydrogen-bond donors (Lipinski definition) is 1. The number of alkyl halides is 3. The maximum atomic E-state index is 15.9. The zero-order chi connectivity index (χ0) is 58.9. The fraction of sp³-hybridized carbons (Fsp3) is 0.341. The average Bonchev–Trinajstić information content (AvgIpc) is 3.29. The first kappa shape index (κ1) is 18.4. The number of amides is 1. The van der Waals surface area contributed by atoms with E-state index in [9.17, 15) is 35.0 Å². The Labute approximate surface area is 344 Å². The molecule has 2 heterocycles. The van der Waals surface area contributed by atoms with Crippen molar-refractivity contribution in [2.24, 2.45) is 0 Å². The highest BCUT2D eigenvalue weighted by Gasteiger charge is 2.33. The number of benzene rings is 4. The number of thioether (sulfide) groups is 1. The van der Waals surface area contributed by atoms with Gasteiger partial charge in [-0.1, -0.05) is 66.2 Å². The molecule has 280 valence electrons. The van der Waals surface area contributed by atoms with Crippen molar-refractivity contribution in [1.82, 2.24) is 9.80 Å². The van der Waals surface area contributed by atoms with E-state index in [-0.39, 0.29) is 16.0 Å². The van der Waals surface area contributed by atoms with Gasteiger partial charge in [0.15, 0.2) is 11.6 Å². The van der Waals surface area contributed by atoms with Gasteiger partial charge in [-0.2, -0.15) is 13.2 Å². The van der Waals surface area contributed by atoms with Gasteiger partial charge in [0.2, 0.25) is 5.91 Å². The van der Waals surface area contributed by atoms with Crippen molar-refractivity contribution >= 4 is 23.4 Å². The van der Waals surface area contributed by atoms with Crippen molar-refractivity contribution < 1.29 is 69.5 Å². The average molecular weight is 776 g/mol. The molecule has 0 radical (unpaired) electrons. The number of ether oxygens (including phenoxy) is 1. The Morgan fingerprint density at radius 1 is 1.09 bits per heavy atom. The van der Waals surface area contributed by atoms with E-state index < -0.39 is 185 Å². The van der Waals surface area contributed by atoms with Crippen LogP contribution in [0, 0.1) is 18.6 Å². The molecule has 6 rings (SSSR count). The molecular weight excluding hydrogens is 710 g/mol. The highest BCUT2D eigenvalue weighted by Crippen LogP contribution is 2.41. The van der Waals surface area contributed by atoms with E-state index in [1.165, 1.54) is 0 Å². The summed E-state index contributed by atoms with van der Waals surface area (Å²) in [5, 5.41) is 10.2. The first-order valence-electron chi connectivity index (χ1n) is 27.1. The number of piperidine rings is 1. The fourth-order valence-electron chi connectivity index (χ4n) is 4.77. The Kier molecular flexibility index (Phi) is 5.85. The molecule has 1 N–H and O–H groups in total. The highest BCUT2D eigenvalue weighted by molar-refractivity contribution is 8.02. The van der Waals surface area contributed by atoms with Crippen LogP contribution in [0.15, 0.2) is 95.9 Å². The first-order chi connectivity index (χ1) is 34.6. The second-order valence-corrected chi connectivity index (χ2v) is 11.7. The van der Waals surface area contributed by atoms with Crippen LogP contribution < -0.4 is 4.90 Å². The molecule has 0 aromatic heterocycles. The fourth-order valence-corrected chi connectivity index (χ4v) is 5.53. The van der Waals surface area contributed by atoms with E-state index in [2.05, 4.69) is 4.74 Å². The van der Waals surface area contributed by atoms with Gasteiger partial charge in [-0.05, 0) is 66.7 Å². The lowest BCUT2D eigenvalue weighted by Crippen LogP contribution is -2.50. The number of nitrogens with zero attached hydrogens (tertiary/aromatic N) is 3. The van der Waals surface area contributed by atoms with Crippen molar-refractivity contribution in [2.45, 2.75) is 50.2 Å². The second kappa shape index (κ2) is 16.8. The number of halogens is 5. The summed E-state index contributed by atoms with van der Waals surface area (Å²) in [4.78, 5) is 14.1. The van der Waals surface area contributed by atoms with Crippen LogP contribution >= 0.6 is 11.8 Å². The van der Waals surface area contributed by atoms with Crippen LogP contribution in [-0.4, -0.2) is 66.5 Å². The van der Waals surface area contributed by atoms with Gasteiger partial charge in [-0.15, -0.1) is 11.8 Å². The van der Waals surface area contributed by atoms with Crippen molar-refractivity contribution in [3.63, 3.8) is 0 Å². The number of aliphatic hydroxyl groups is 1. The molecule has 12 heteroatoms. The third kappa shape index (κ3) is 9.29. The third-order valence-electron chi connectivity index (χ3n) is 7.33. The van der Waals surface area contributed by atoms with E-state index >= 15 is 9.18 Å². The van der Waals surface area contributed by atoms with E-state index in [0.29, 0.717) is 36.4 Å². The van der Waals surface area contributed by atoms with Gasteiger partial charge in [-0.25, -0.2) is 8.78 Å². The standard InChI is InChI=1S/C41H42F5N3O3S/c1-27-6-15-36-34(22-27)37(50)23-39(53-26-31-4-3-5-35(42)40(31)43)49(36)25-38(51)48(33-16-18-47(19-17-33)20-21-52-2)24-28-7-9-29(10-8-28)30-11-13-32(14-12-30)41(44,45)46/h3-15,22-23,33,37,50H,16-21,24-26H2,1-2H3/i2D3,6D,15D,16D2,17D2,18D2,19D2,21D2,22D,23D,24D2,25D2,26D2,33D. The summed E-state index contributed by atoms with van der Waals surface area (Å²) in [6.45, 7) is -22.5. The lowest BCUT2D eigenvalue weighted by Gasteiger charge is -2.40. The molecule has 0 saturated carbocycles. The lowest BCUT2D eigenvalue weighted by molar-refractivity contribution is -0.137. The van der Waals surface area contributed by atoms with Crippen LogP contribution in [0.3, 0.4) is 0 Å². The maximum absolute atomic E-state index is 15.9. The molecule has 4 aromatic carbocycles. The van der Waals surface area contributed by atoms with Crippen LogP contribution in [-0.2, 0) is 27.9 Å². The molecule has 0 aliphatic carbocycles. The van der Waals surface area contributed by atoms with E-state index in [4.69, 9.17) is 20.6 Å². The van der Waals surface area contributed by atoms with E-state index in [0.717, 1.165) is 37.3 Å². The third-order valence-corrected chi connectivity index (χ3v) is 8.15. The molecule has 0 spiro atoms. The number of likely N-dealkylation sites (tertiary alicyclic amines) is 1. The Morgan fingerprint density at radius 2 is 1.79 bits per heavy atom. The van der Waals surface area contributed by atoms with Crippen molar-refractivity contribution in [3.05, 3.63) is 135 Å². The summed E-state index contributed by atoms with van der Waals surface area (Å²) in [5.74, 6) is -6.33. The van der Waals surface area contributed by atoms with Crippen LogP contribution in [0.2, 0.25) is 0 Å². The van der Waals surface area contributed by atoms with Crippen LogP contribution in [0.1, 0.15) is 79.6 Å². The summed E-state index contributed by atoms with van der Waals surface area (Å²) in [6.07, 6.45) is -16.8. The summed E-state index contributed by atoms with van der Waals surface area (Å²) in [5.41, 5.74) is -9.47. The van der Waals surface area contributed by atoms with Gasteiger partial charge in [0.05, 0.1) is 36.3 Å². The zero-order valence-corrected chi connectivity index (χ0v) is 27.9. The topological polar surface area (TPSA) is 56.3 Å². The quantitative estimate of drug-likeness (QED) is 0.146. The monoisotopic (exact) mass is 775 g/mol. The molecule has 0 bridgehead atoms. The van der Waals surface area contributed by atoms with Gasteiger partial charge in [0.1, 0.15) is 12.6 Å². The normalized spacial score (nSPS) is 29.3. The Hall–Kier alpha value is -4.23. The Balaban J connectivity index is 1.69. The predicted octanol–water partition coefficient (Wildman–Crippen LogP) is 8.73. The predicted molar refractivity (Wildman–Crippen MR) is 198 cm³/mol. The maximum Gasteiger partial charge on any atom is 0.416 e. The molecule has 1 fully saturated rings. The number of hydrogen-bond acceptors (Lipinski definition) is 6. The lowest BCUT2D eigenvalue weighted by atomic mass is 9.99. The van der Waals surface area contributed by atoms with Gasteiger partial charge >= 0.3 is 6.18 Å². The highest BCUT2D eigenvalue weighted by atomic mass is 32.2. The first-order valence-corrected chi connectivity index (χ1v) is 16.0. The molecular formula is C41H42F5N3O3S. The second-order valence-electron chi connectivity index (χ2n) is 10.9. The molecule has 2 aliphatic rings. The minimum Gasteiger partial charge on any atom is -0.384 e. The Bertz CT molecular complexity index is 2990. The number of anilines is 1. The van der Waals surface area contributed by atoms with Gasteiger partial charge < -0.3 is 24.5 Å². The molecule has 53 heavy (non-hydrogen) atoms. The van der Waals surface area contributed by atoms with Crippen molar-refractivity contribution in [1.29, 1.82) is 0 Å². The summed E-state index contributed by atoms with van der Waals surface area (Å²) >= 11 is -0.486. The van der Waals surface area contributed by atoms with Crippen LogP contribution in [0.5, 0.6) is 0 Å². The molecule has 1 saturated heterocycles. The zero-order valence-electron chi connectivity index (χ0n) is 51.0. The van der Waals surface area contributed by atoms with E-state index in [1.54, 1.807) is 0 Å². The molecule has 6 nitrogen and oxygen atoms in total. The number of carbonyl (C=O) groups is 1.